The first kappa shape index (κ1) is 14.7. The molecular formula is C18H22N2O3. The molecule has 0 spiro atoms. The minimum absolute atomic E-state index is 0.00958. The molecular weight excluding hydrogens is 292 g/mol. The van der Waals surface area contributed by atoms with Crippen molar-refractivity contribution in [3.63, 3.8) is 0 Å². The molecule has 122 valence electrons. The number of amides is 2. The molecule has 0 aliphatic carbocycles. The zero-order chi connectivity index (χ0) is 16.0. The highest BCUT2D eigenvalue weighted by molar-refractivity contribution is 6.02. The minimum Gasteiger partial charge on any atom is -0.353 e. The number of rotatable bonds is 3. The van der Waals surface area contributed by atoms with Crippen LogP contribution in [-0.4, -0.2) is 35.1 Å². The van der Waals surface area contributed by atoms with Crippen LogP contribution in [-0.2, 0) is 14.3 Å². The third-order valence-corrected chi connectivity index (χ3v) is 5.55. The summed E-state index contributed by atoms with van der Waals surface area (Å²) in [4.78, 5) is 26.8. The van der Waals surface area contributed by atoms with Gasteiger partial charge in [-0.2, -0.15) is 0 Å². The number of nitrogens with zero attached hydrogens (tertiary/aromatic N) is 1. The summed E-state index contributed by atoms with van der Waals surface area (Å²) >= 11 is 0. The third-order valence-electron chi connectivity index (χ3n) is 5.55. The van der Waals surface area contributed by atoms with E-state index in [1.807, 2.05) is 29.2 Å². The first-order valence-electron chi connectivity index (χ1n) is 8.50. The van der Waals surface area contributed by atoms with Crippen molar-refractivity contribution in [1.29, 1.82) is 0 Å². The predicted octanol–water partition coefficient (Wildman–Crippen LogP) is 2.63. The Balaban J connectivity index is 1.60. The van der Waals surface area contributed by atoms with Gasteiger partial charge in [0.05, 0.1) is 18.6 Å². The van der Waals surface area contributed by atoms with E-state index in [2.05, 4.69) is 12.2 Å². The van der Waals surface area contributed by atoms with E-state index < -0.39 is 5.72 Å². The van der Waals surface area contributed by atoms with Crippen molar-refractivity contribution < 1.29 is 14.3 Å². The zero-order valence-electron chi connectivity index (χ0n) is 13.4. The van der Waals surface area contributed by atoms with Gasteiger partial charge in [-0.1, -0.05) is 25.1 Å². The second-order valence-electron chi connectivity index (χ2n) is 6.75. The minimum atomic E-state index is -0.436. The van der Waals surface area contributed by atoms with Gasteiger partial charge in [0.15, 0.2) is 0 Å². The molecule has 0 saturated carbocycles. The molecule has 3 heterocycles. The highest BCUT2D eigenvalue weighted by Gasteiger charge is 2.51. The van der Waals surface area contributed by atoms with Gasteiger partial charge in [0.1, 0.15) is 5.72 Å². The molecule has 1 N–H and O–H groups in total. The molecule has 0 radical (unpaired) electrons. The lowest BCUT2D eigenvalue weighted by Crippen LogP contribution is -2.54. The summed E-state index contributed by atoms with van der Waals surface area (Å²) in [6.07, 6.45) is 3.83. The van der Waals surface area contributed by atoms with E-state index in [0.717, 1.165) is 30.5 Å². The summed E-state index contributed by atoms with van der Waals surface area (Å²) in [6, 6.07) is 7.81. The number of ether oxygens (including phenoxy) is 1. The molecule has 0 bridgehead atoms. The van der Waals surface area contributed by atoms with Gasteiger partial charge in [-0.3, -0.25) is 9.59 Å². The molecule has 5 nitrogen and oxygen atoms in total. The van der Waals surface area contributed by atoms with E-state index in [1.54, 1.807) is 0 Å². The number of hydrogen-bond acceptors (Lipinski definition) is 3. The Labute approximate surface area is 136 Å². The molecule has 23 heavy (non-hydrogen) atoms. The van der Waals surface area contributed by atoms with Gasteiger partial charge >= 0.3 is 0 Å². The number of nitrogens with one attached hydrogen (secondary N) is 1. The van der Waals surface area contributed by atoms with E-state index in [-0.39, 0.29) is 23.8 Å². The topological polar surface area (TPSA) is 58.6 Å². The number of para-hydroxylation sites is 1. The fourth-order valence-corrected chi connectivity index (χ4v) is 4.39. The van der Waals surface area contributed by atoms with Gasteiger partial charge in [-0.25, -0.2) is 0 Å². The fourth-order valence-electron chi connectivity index (χ4n) is 4.39. The van der Waals surface area contributed by atoms with Crippen LogP contribution >= 0.6 is 0 Å². The van der Waals surface area contributed by atoms with Crippen LogP contribution < -0.4 is 5.32 Å². The first-order chi connectivity index (χ1) is 11.1. The van der Waals surface area contributed by atoms with Crippen LogP contribution in [0.25, 0.3) is 0 Å². The second-order valence-corrected chi connectivity index (χ2v) is 6.75. The van der Waals surface area contributed by atoms with Gasteiger partial charge in [-0.15, -0.1) is 0 Å². The summed E-state index contributed by atoms with van der Waals surface area (Å²) in [6.45, 7) is 2.61. The quantitative estimate of drug-likeness (QED) is 0.933. The van der Waals surface area contributed by atoms with Crippen LogP contribution in [0.1, 0.15) is 50.5 Å². The number of hydrogen-bond donors (Lipinski definition) is 1. The van der Waals surface area contributed by atoms with E-state index in [1.165, 1.54) is 0 Å². The number of carbonyl (C=O) groups is 2. The number of anilines is 1. The van der Waals surface area contributed by atoms with Gasteiger partial charge < -0.3 is 15.0 Å². The van der Waals surface area contributed by atoms with E-state index in [4.69, 9.17) is 4.74 Å². The number of carbonyl (C=O) groups excluding carboxylic acids is 2. The maximum atomic E-state index is 12.5. The van der Waals surface area contributed by atoms with Crippen molar-refractivity contribution in [3.05, 3.63) is 29.8 Å². The maximum absolute atomic E-state index is 12.5. The van der Waals surface area contributed by atoms with Crippen LogP contribution in [0.5, 0.6) is 0 Å². The molecule has 2 fully saturated rings. The van der Waals surface area contributed by atoms with Gasteiger partial charge in [-0.05, 0) is 37.3 Å². The average molecular weight is 314 g/mol. The van der Waals surface area contributed by atoms with Crippen LogP contribution in [0, 0.1) is 0 Å². The van der Waals surface area contributed by atoms with Crippen molar-refractivity contribution in [2.45, 2.75) is 56.7 Å². The van der Waals surface area contributed by atoms with E-state index in [9.17, 15) is 9.59 Å². The molecule has 1 aromatic rings. The van der Waals surface area contributed by atoms with Gasteiger partial charge in [0.25, 0.3) is 0 Å². The Hall–Kier alpha value is -1.88. The Kier molecular flexibility index (Phi) is 3.41. The summed E-state index contributed by atoms with van der Waals surface area (Å²) in [7, 11) is 0. The lowest BCUT2D eigenvalue weighted by atomic mass is 9.90. The molecule has 5 heteroatoms. The van der Waals surface area contributed by atoms with Crippen molar-refractivity contribution in [2.24, 2.45) is 0 Å². The molecule has 1 unspecified atom stereocenters. The highest BCUT2D eigenvalue weighted by Crippen LogP contribution is 2.43. The van der Waals surface area contributed by atoms with Crippen molar-refractivity contribution in [1.82, 2.24) is 4.90 Å². The normalized spacial score (nSPS) is 32.7. The fraction of sp³-hybridized carbons (Fsp3) is 0.556. The Morgan fingerprint density at radius 1 is 1.35 bits per heavy atom. The standard InChI is InChI=1S/C18H22N2O3/c1-2-18-9-5-8-16(21)20(18)12(11-23-18)10-14-13-6-3-4-7-15(13)19-17(14)22/h3-4,6-7,12,14H,2,5,8-11H2,1H3,(H,19,22)/t12-,14?,18+/m0/s1. The maximum Gasteiger partial charge on any atom is 0.232 e. The molecule has 4 rings (SSSR count). The predicted molar refractivity (Wildman–Crippen MR) is 85.9 cm³/mol. The molecule has 3 aliphatic heterocycles. The van der Waals surface area contributed by atoms with Gasteiger partial charge in [0.2, 0.25) is 11.8 Å². The van der Waals surface area contributed by atoms with Crippen LogP contribution in [0.2, 0.25) is 0 Å². The SMILES string of the molecule is CC[C@@]12CCCC(=O)N1[C@@H](CC1C(=O)Nc3ccccc31)CO2. The number of benzene rings is 1. The van der Waals surface area contributed by atoms with Crippen molar-refractivity contribution in [3.8, 4) is 0 Å². The summed E-state index contributed by atoms with van der Waals surface area (Å²) in [5.74, 6) is 0.0131. The van der Waals surface area contributed by atoms with Gasteiger partial charge in [0, 0.05) is 12.1 Å². The highest BCUT2D eigenvalue weighted by atomic mass is 16.5. The lowest BCUT2D eigenvalue weighted by molar-refractivity contribution is -0.161. The molecule has 3 atom stereocenters. The van der Waals surface area contributed by atoms with Crippen LogP contribution in [0.4, 0.5) is 5.69 Å². The summed E-state index contributed by atoms with van der Waals surface area (Å²) in [5, 5.41) is 2.94. The zero-order valence-corrected chi connectivity index (χ0v) is 13.4. The largest absolute Gasteiger partial charge is 0.353 e. The molecule has 2 amide bonds. The average Bonchev–Trinajstić information content (AvgIpc) is 3.08. The van der Waals surface area contributed by atoms with Crippen molar-refractivity contribution in [2.75, 3.05) is 11.9 Å². The van der Waals surface area contributed by atoms with E-state index >= 15 is 0 Å². The lowest BCUT2D eigenvalue weighted by Gasteiger charge is -2.42. The van der Waals surface area contributed by atoms with Crippen LogP contribution in [0.3, 0.4) is 0 Å². The monoisotopic (exact) mass is 314 g/mol. The number of fused-ring (bicyclic) bond motifs is 2. The third kappa shape index (κ3) is 2.17. The molecule has 2 saturated heterocycles. The Morgan fingerprint density at radius 3 is 3.00 bits per heavy atom. The van der Waals surface area contributed by atoms with Crippen LogP contribution in [0.15, 0.2) is 24.3 Å². The molecule has 3 aliphatic rings. The van der Waals surface area contributed by atoms with Crippen molar-refractivity contribution >= 4 is 17.5 Å². The Morgan fingerprint density at radius 2 is 2.17 bits per heavy atom. The molecule has 0 aromatic heterocycles. The second kappa shape index (κ2) is 5.34. The number of piperidine rings is 1. The smallest absolute Gasteiger partial charge is 0.232 e. The first-order valence-corrected chi connectivity index (χ1v) is 8.50. The summed E-state index contributed by atoms with van der Waals surface area (Å²) in [5.41, 5.74) is 1.50. The Bertz CT molecular complexity index is 659. The van der Waals surface area contributed by atoms with E-state index in [0.29, 0.717) is 19.4 Å². The summed E-state index contributed by atoms with van der Waals surface area (Å²) < 4.78 is 6.08. The molecule has 1 aromatic carbocycles.